The summed E-state index contributed by atoms with van der Waals surface area (Å²) in [6.45, 7) is 4.55. The Hall–Kier alpha value is -0.520. The van der Waals surface area contributed by atoms with Gasteiger partial charge in [0.15, 0.2) is 0 Å². The predicted molar refractivity (Wildman–Crippen MR) is 99.0 cm³/mol. The molecule has 0 amide bonds. The van der Waals surface area contributed by atoms with Crippen LogP contribution in [0.4, 0.5) is 0 Å². The Morgan fingerprint density at radius 1 is 0.591 bits per heavy atom. The molecule has 126 valence electrons. The van der Waals surface area contributed by atoms with Gasteiger partial charge in [0, 0.05) is 0 Å². The van der Waals surface area contributed by atoms with Gasteiger partial charge in [0.25, 0.3) is 0 Å². The van der Waals surface area contributed by atoms with Gasteiger partial charge >= 0.3 is 0 Å². The van der Waals surface area contributed by atoms with Gasteiger partial charge in [0.05, 0.1) is 0 Å². The van der Waals surface area contributed by atoms with E-state index in [2.05, 4.69) is 38.2 Å². The zero-order valence-electron chi connectivity index (χ0n) is 15.1. The third-order valence-corrected chi connectivity index (χ3v) is 6.03. The number of hydrogen-bond acceptors (Lipinski definition) is 0. The van der Waals surface area contributed by atoms with Gasteiger partial charge in [0.1, 0.15) is 0 Å². The van der Waals surface area contributed by atoms with E-state index >= 15 is 0 Å². The average Bonchev–Trinajstić information content (AvgIpc) is 2.57. The molecule has 0 aromatic rings. The van der Waals surface area contributed by atoms with Crippen molar-refractivity contribution >= 4 is 0 Å². The van der Waals surface area contributed by atoms with Crippen molar-refractivity contribution in [2.45, 2.75) is 90.9 Å². The summed E-state index contributed by atoms with van der Waals surface area (Å²) in [6.07, 6.45) is 26.9. The van der Waals surface area contributed by atoms with Crippen molar-refractivity contribution in [1.29, 1.82) is 0 Å². The second-order valence-corrected chi connectivity index (χ2v) is 7.78. The lowest BCUT2D eigenvalue weighted by Gasteiger charge is -2.37. The summed E-state index contributed by atoms with van der Waals surface area (Å²) in [6, 6.07) is 0. The molecule has 22 heavy (non-hydrogen) atoms. The first-order chi connectivity index (χ1) is 10.8. The molecule has 0 aromatic heterocycles. The molecule has 2 aliphatic rings. The van der Waals surface area contributed by atoms with E-state index in [9.17, 15) is 0 Å². The molecule has 0 atom stereocenters. The SMILES string of the molecule is CCC/C=C/C1CCC(C2CCC(/C=C/CCC)CC2)CC1. The fourth-order valence-corrected chi connectivity index (χ4v) is 4.53. The second-order valence-electron chi connectivity index (χ2n) is 7.78. The summed E-state index contributed by atoms with van der Waals surface area (Å²) in [5.74, 6) is 3.90. The molecule has 0 aromatic carbocycles. The van der Waals surface area contributed by atoms with Gasteiger partial charge in [-0.1, -0.05) is 51.0 Å². The maximum Gasteiger partial charge on any atom is -0.0233 e. The molecule has 2 rings (SSSR count). The molecule has 0 nitrogen and oxygen atoms in total. The molecule has 0 aliphatic heterocycles. The first kappa shape index (κ1) is 17.8. The largest absolute Gasteiger partial charge is 0.0883 e. The maximum atomic E-state index is 2.52. The molecule has 0 heterocycles. The van der Waals surface area contributed by atoms with Crippen LogP contribution in [0.15, 0.2) is 24.3 Å². The Morgan fingerprint density at radius 2 is 0.955 bits per heavy atom. The van der Waals surface area contributed by atoms with Crippen LogP contribution in [0.2, 0.25) is 0 Å². The highest BCUT2D eigenvalue weighted by Gasteiger charge is 2.29. The Labute approximate surface area is 139 Å². The van der Waals surface area contributed by atoms with Crippen LogP contribution < -0.4 is 0 Å². The van der Waals surface area contributed by atoms with Gasteiger partial charge in [-0.15, -0.1) is 0 Å². The Balaban J connectivity index is 1.66. The standard InChI is InChI=1S/C22H38/c1-3-5-7-9-19-11-15-21(16-12-19)22-17-13-20(14-18-22)10-8-6-4-2/h7-10,19-22H,3-6,11-18H2,1-2H3/b9-7+,10-8+. The Morgan fingerprint density at radius 3 is 1.27 bits per heavy atom. The highest BCUT2D eigenvalue weighted by Crippen LogP contribution is 2.41. The van der Waals surface area contributed by atoms with Crippen LogP contribution in [0.1, 0.15) is 90.9 Å². The fourth-order valence-electron chi connectivity index (χ4n) is 4.53. The topological polar surface area (TPSA) is 0 Å². The van der Waals surface area contributed by atoms with Gasteiger partial charge in [-0.05, 0) is 87.9 Å². The summed E-state index contributed by atoms with van der Waals surface area (Å²) in [7, 11) is 0. The average molecular weight is 303 g/mol. The minimum atomic E-state index is 0.899. The van der Waals surface area contributed by atoms with E-state index in [4.69, 9.17) is 0 Å². The molecule has 0 spiro atoms. The van der Waals surface area contributed by atoms with Crippen LogP contribution in [0.3, 0.4) is 0 Å². The van der Waals surface area contributed by atoms with E-state index in [1.54, 1.807) is 0 Å². The van der Waals surface area contributed by atoms with Crippen molar-refractivity contribution in [3.05, 3.63) is 24.3 Å². The first-order valence-electron chi connectivity index (χ1n) is 10.2. The zero-order chi connectivity index (χ0) is 15.6. The summed E-state index contributed by atoms with van der Waals surface area (Å²) < 4.78 is 0. The Kier molecular flexibility index (Phi) is 8.34. The molecule has 0 bridgehead atoms. The van der Waals surface area contributed by atoms with Gasteiger partial charge < -0.3 is 0 Å². The van der Waals surface area contributed by atoms with Crippen LogP contribution in [-0.4, -0.2) is 0 Å². The van der Waals surface area contributed by atoms with E-state index in [-0.39, 0.29) is 0 Å². The normalized spacial score (nSPS) is 33.7. The lowest BCUT2D eigenvalue weighted by molar-refractivity contribution is 0.166. The van der Waals surface area contributed by atoms with Crippen LogP contribution in [0, 0.1) is 23.7 Å². The van der Waals surface area contributed by atoms with Crippen molar-refractivity contribution < 1.29 is 0 Å². The number of rotatable bonds is 7. The molecule has 0 heteroatoms. The van der Waals surface area contributed by atoms with E-state index in [1.807, 2.05) is 0 Å². The highest BCUT2D eigenvalue weighted by atomic mass is 14.3. The smallest absolute Gasteiger partial charge is 0.0233 e. The number of hydrogen-bond donors (Lipinski definition) is 0. The van der Waals surface area contributed by atoms with Gasteiger partial charge in [0.2, 0.25) is 0 Å². The molecule has 0 unspecified atom stereocenters. The molecular weight excluding hydrogens is 264 g/mol. The summed E-state index contributed by atoms with van der Waals surface area (Å²) in [4.78, 5) is 0. The molecule has 2 aliphatic carbocycles. The fraction of sp³-hybridized carbons (Fsp3) is 0.818. The molecule has 0 radical (unpaired) electrons. The summed E-state index contributed by atoms with van der Waals surface area (Å²) in [5, 5.41) is 0. The zero-order valence-corrected chi connectivity index (χ0v) is 15.1. The lowest BCUT2D eigenvalue weighted by atomic mass is 9.69. The maximum absolute atomic E-state index is 2.52. The summed E-state index contributed by atoms with van der Waals surface area (Å²) >= 11 is 0. The molecule has 0 saturated heterocycles. The van der Waals surface area contributed by atoms with Crippen molar-refractivity contribution in [1.82, 2.24) is 0 Å². The Bertz CT molecular complexity index is 288. The monoisotopic (exact) mass is 302 g/mol. The van der Waals surface area contributed by atoms with Crippen molar-refractivity contribution in [3.63, 3.8) is 0 Å². The predicted octanol–water partition coefficient (Wildman–Crippen LogP) is 7.31. The van der Waals surface area contributed by atoms with Crippen LogP contribution in [-0.2, 0) is 0 Å². The quantitative estimate of drug-likeness (QED) is 0.432. The van der Waals surface area contributed by atoms with Gasteiger partial charge in [-0.2, -0.15) is 0 Å². The molecular formula is C22H38. The van der Waals surface area contributed by atoms with E-state index in [0.717, 1.165) is 23.7 Å². The van der Waals surface area contributed by atoms with Crippen molar-refractivity contribution in [2.24, 2.45) is 23.7 Å². The molecule has 2 fully saturated rings. The lowest BCUT2D eigenvalue weighted by Crippen LogP contribution is -2.25. The highest BCUT2D eigenvalue weighted by molar-refractivity contribution is 4.94. The third-order valence-electron chi connectivity index (χ3n) is 6.03. The van der Waals surface area contributed by atoms with Gasteiger partial charge in [-0.3, -0.25) is 0 Å². The van der Waals surface area contributed by atoms with Crippen LogP contribution in [0.5, 0.6) is 0 Å². The number of allylic oxidation sites excluding steroid dienone is 4. The van der Waals surface area contributed by atoms with Crippen LogP contribution >= 0.6 is 0 Å². The van der Waals surface area contributed by atoms with E-state index < -0.39 is 0 Å². The minimum Gasteiger partial charge on any atom is -0.0883 e. The van der Waals surface area contributed by atoms with Gasteiger partial charge in [-0.25, -0.2) is 0 Å². The third kappa shape index (κ3) is 5.94. The summed E-state index contributed by atoms with van der Waals surface area (Å²) in [5.41, 5.74) is 0. The first-order valence-corrected chi connectivity index (χ1v) is 10.2. The van der Waals surface area contributed by atoms with E-state index in [0.29, 0.717) is 0 Å². The molecule has 2 saturated carbocycles. The van der Waals surface area contributed by atoms with Crippen LogP contribution in [0.25, 0.3) is 0 Å². The minimum absolute atomic E-state index is 0.899. The van der Waals surface area contributed by atoms with E-state index in [1.165, 1.54) is 77.0 Å². The second kappa shape index (κ2) is 10.3. The number of unbranched alkanes of at least 4 members (excludes halogenated alkanes) is 2. The van der Waals surface area contributed by atoms with Crippen molar-refractivity contribution in [3.8, 4) is 0 Å². The molecule has 0 N–H and O–H groups in total. The van der Waals surface area contributed by atoms with Crippen molar-refractivity contribution in [2.75, 3.05) is 0 Å².